The fourth-order valence-electron chi connectivity index (χ4n) is 1.60. The van der Waals surface area contributed by atoms with Crippen LogP contribution < -0.4 is 5.32 Å². The van der Waals surface area contributed by atoms with E-state index < -0.39 is 11.6 Å². The van der Waals surface area contributed by atoms with Gasteiger partial charge in [-0.15, -0.1) is 0 Å². The maximum Gasteiger partial charge on any atom is 0.257 e. The number of aliphatic hydroxyl groups excluding tert-OH is 1. The van der Waals surface area contributed by atoms with E-state index in [9.17, 15) is 9.18 Å². The Morgan fingerprint density at radius 2 is 2.00 bits per heavy atom. The molecule has 0 aromatic carbocycles. The summed E-state index contributed by atoms with van der Waals surface area (Å²) >= 11 is 0. The molecule has 0 aliphatic carbocycles. The van der Waals surface area contributed by atoms with Gasteiger partial charge in [-0.1, -0.05) is 13.8 Å². The van der Waals surface area contributed by atoms with E-state index in [1.54, 1.807) is 0 Å². The van der Waals surface area contributed by atoms with Gasteiger partial charge in [0.25, 0.3) is 5.91 Å². The predicted octanol–water partition coefficient (Wildman–Crippen LogP) is 1.90. The van der Waals surface area contributed by atoms with E-state index in [1.165, 1.54) is 13.8 Å². The van der Waals surface area contributed by atoms with Gasteiger partial charge in [-0.2, -0.15) is 0 Å². The van der Waals surface area contributed by atoms with E-state index in [0.717, 1.165) is 6.42 Å². The quantitative estimate of drug-likeness (QED) is 0.705. The van der Waals surface area contributed by atoms with E-state index in [1.807, 2.05) is 0 Å². The molecule has 0 fully saturated rings. The van der Waals surface area contributed by atoms with Gasteiger partial charge >= 0.3 is 0 Å². The SMILES string of the molecule is CC(C)CC(CCO)CNC(=O)C(C)(C)F. The van der Waals surface area contributed by atoms with Gasteiger partial charge in [-0.25, -0.2) is 4.39 Å². The molecule has 1 amide bonds. The molecular weight excluding hydrogens is 209 g/mol. The number of aliphatic hydroxyl groups is 1. The molecule has 4 heteroatoms. The van der Waals surface area contributed by atoms with E-state index >= 15 is 0 Å². The van der Waals surface area contributed by atoms with Crippen molar-refractivity contribution in [1.29, 1.82) is 0 Å². The van der Waals surface area contributed by atoms with Gasteiger partial charge in [0.15, 0.2) is 5.67 Å². The fourth-order valence-corrected chi connectivity index (χ4v) is 1.60. The van der Waals surface area contributed by atoms with Crippen molar-refractivity contribution < 1.29 is 14.3 Å². The average Bonchev–Trinajstić information content (AvgIpc) is 2.11. The Labute approximate surface area is 97.4 Å². The molecule has 0 aromatic heterocycles. The third kappa shape index (κ3) is 6.77. The summed E-state index contributed by atoms with van der Waals surface area (Å²) in [7, 11) is 0. The van der Waals surface area contributed by atoms with Crippen molar-refractivity contribution in [2.45, 2.75) is 46.2 Å². The first-order chi connectivity index (χ1) is 7.27. The maximum absolute atomic E-state index is 13.2. The number of carbonyl (C=O) groups excluding carboxylic acids is 1. The Kier molecular flexibility index (Phi) is 6.56. The lowest BCUT2D eigenvalue weighted by atomic mass is 9.94. The van der Waals surface area contributed by atoms with Gasteiger partial charge in [-0.3, -0.25) is 4.79 Å². The van der Waals surface area contributed by atoms with Crippen LogP contribution in [0.1, 0.15) is 40.5 Å². The van der Waals surface area contributed by atoms with Crippen LogP contribution in [-0.4, -0.2) is 29.8 Å². The molecule has 0 aliphatic heterocycles. The van der Waals surface area contributed by atoms with Gasteiger partial charge < -0.3 is 10.4 Å². The zero-order valence-corrected chi connectivity index (χ0v) is 10.7. The molecule has 2 N–H and O–H groups in total. The summed E-state index contributed by atoms with van der Waals surface area (Å²) in [6.45, 7) is 7.20. The Bertz CT molecular complexity index is 212. The molecule has 1 atom stereocenters. The van der Waals surface area contributed by atoms with Crippen molar-refractivity contribution in [2.75, 3.05) is 13.2 Å². The molecule has 0 saturated carbocycles. The van der Waals surface area contributed by atoms with Gasteiger partial charge in [0.1, 0.15) is 0 Å². The second-order valence-electron chi connectivity index (χ2n) is 5.19. The zero-order valence-electron chi connectivity index (χ0n) is 10.7. The molecular formula is C12H24FNO2. The molecule has 3 nitrogen and oxygen atoms in total. The highest BCUT2D eigenvalue weighted by Gasteiger charge is 2.26. The van der Waals surface area contributed by atoms with Crippen LogP contribution >= 0.6 is 0 Å². The summed E-state index contributed by atoms with van der Waals surface area (Å²) in [6.07, 6.45) is 1.57. The average molecular weight is 233 g/mol. The highest BCUT2D eigenvalue weighted by molar-refractivity contribution is 5.83. The molecule has 0 bridgehead atoms. The summed E-state index contributed by atoms with van der Waals surface area (Å²) in [5.41, 5.74) is -1.83. The summed E-state index contributed by atoms with van der Waals surface area (Å²) in [5.74, 6) is 0.141. The maximum atomic E-state index is 13.2. The molecule has 0 aromatic rings. The van der Waals surface area contributed by atoms with Crippen LogP contribution in [0.15, 0.2) is 0 Å². The zero-order chi connectivity index (χ0) is 12.8. The summed E-state index contributed by atoms with van der Waals surface area (Å²) < 4.78 is 13.2. The third-order valence-corrected chi connectivity index (χ3v) is 2.43. The lowest BCUT2D eigenvalue weighted by Gasteiger charge is -2.21. The minimum Gasteiger partial charge on any atom is -0.396 e. The van der Waals surface area contributed by atoms with Crippen molar-refractivity contribution in [3.8, 4) is 0 Å². The Hall–Kier alpha value is -0.640. The minimum atomic E-state index is -1.83. The van der Waals surface area contributed by atoms with Crippen LogP contribution in [0.5, 0.6) is 0 Å². The second-order valence-corrected chi connectivity index (χ2v) is 5.19. The number of hydrogen-bond donors (Lipinski definition) is 2. The number of amides is 1. The van der Waals surface area contributed by atoms with E-state index in [-0.39, 0.29) is 12.5 Å². The smallest absolute Gasteiger partial charge is 0.257 e. The van der Waals surface area contributed by atoms with E-state index in [4.69, 9.17) is 5.11 Å². The minimum absolute atomic E-state index is 0.103. The Morgan fingerprint density at radius 1 is 1.44 bits per heavy atom. The summed E-state index contributed by atoms with van der Waals surface area (Å²) in [6, 6.07) is 0. The first kappa shape index (κ1) is 15.4. The van der Waals surface area contributed by atoms with Crippen LogP contribution in [0.3, 0.4) is 0 Å². The van der Waals surface area contributed by atoms with Crippen molar-refractivity contribution in [1.82, 2.24) is 5.32 Å². The molecule has 0 spiro atoms. The number of rotatable bonds is 7. The van der Waals surface area contributed by atoms with Gasteiger partial charge in [0, 0.05) is 13.2 Å². The molecule has 0 heterocycles. The van der Waals surface area contributed by atoms with E-state index in [2.05, 4.69) is 19.2 Å². The van der Waals surface area contributed by atoms with Crippen molar-refractivity contribution in [3.05, 3.63) is 0 Å². The first-order valence-corrected chi connectivity index (χ1v) is 5.85. The topological polar surface area (TPSA) is 49.3 Å². The highest BCUT2D eigenvalue weighted by Crippen LogP contribution is 2.15. The van der Waals surface area contributed by atoms with Crippen molar-refractivity contribution in [3.63, 3.8) is 0 Å². The normalized spacial score (nSPS) is 13.9. The van der Waals surface area contributed by atoms with E-state index in [0.29, 0.717) is 18.9 Å². The molecule has 0 saturated heterocycles. The van der Waals surface area contributed by atoms with Crippen LogP contribution in [0.2, 0.25) is 0 Å². The number of halogens is 1. The highest BCUT2D eigenvalue weighted by atomic mass is 19.1. The van der Waals surface area contributed by atoms with Crippen LogP contribution in [0.25, 0.3) is 0 Å². The Morgan fingerprint density at radius 3 is 2.38 bits per heavy atom. The fraction of sp³-hybridized carbons (Fsp3) is 0.917. The van der Waals surface area contributed by atoms with Gasteiger partial charge in [0.05, 0.1) is 0 Å². The Balaban J connectivity index is 4.06. The number of carbonyl (C=O) groups is 1. The monoisotopic (exact) mass is 233 g/mol. The lowest BCUT2D eigenvalue weighted by Crippen LogP contribution is -2.41. The van der Waals surface area contributed by atoms with Gasteiger partial charge in [-0.05, 0) is 38.5 Å². The molecule has 1 unspecified atom stereocenters. The van der Waals surface area contributed by atoms with Crippen molar-refractivity contribution >= 4 is 5.91 Å². The molecule has 0 aliphatic rings. The summed E-state index contributed by atoms with van der Waals surface area (Å²) in [5, 5.41) is 11.5. The largest absolute Gasteiger partial charge is 0.396 e. The standard InChI is InChI=1S/C12H24FNO2/c1-9(2)7-10(5-6-15)8-14-11(16)12(3,4)13/h9-10,15H,5-8H2,1-4H3,(H,14,16). The molecule has 96 valence electrons. The molecule has 16 heavy (non-hydrogen) atoms. The molecule has 0 radical (unpaired) electrons. The van der Waals surface area contributed by atoms with Crippen molar-refractivity contribution in [2.24, 2.45) is 11.8 Å². The predicted molar refractivity (Wildman–Crippen MR) is 62.8 cm³/mol. The first-order valence-electron chi connectivity index (χ1n) is 5.85. The van der Waals surface area contributed by atoms with Crippen LogP contribution in [0, 0.1) is 11.8 Å². The lowest BCUT2D eigenvalue weighted by molar-refractivity contribution is -0.131. The number of alkyl halides is 1. The number of hydrogen-bond acceptors (Lipinski definition) is 2. The summed E-state index contributed by atoms with van der Waals surface area (Å²) in [4.78, 5) is 11.3. The van der Waals surface area contributed by atoms with Gasteiger partial charge in [0.2, 0.25) is 0 Å². The third-order valence-electron chi connectivity index (χ3n) is 2.43. The van der Waals surface area contributed by atoms with Crippen LogP contribution in [-0.2, 0) is 4.79 Å². The van der Waals surface area contributed by atoms with Crippen LogP contribution in [0.4, 0.5) is 4.39 Å². The number of nitrogens with one attached hydrogen (secondary N) is 1. The molecule has 0 rings (SSSR count). The second kappa shape index (κ2) is 6.84.